The van der Waals surface area contributed by atoms with Gasteiger partial charge in [0.1, 0.15) is 11.9 Å². The molecule has 2 fully saturated rings. The minimum absolute atomic E-state index is 0.449. The van der Waals surface area contributed by atoms with Gasteiger partial charge < -0.3 is 10.1 Å². The van der Waals surface area contributed by atoms with Crippen LogP contribution in [0.5, 0.6) is 0 Å². The topological polar surface area (TPSA) is 21.3 Å². The van der Waals surface area contributed by atoms with E-state index in [1.54, 1.807) is 18.2 Å². The van der Waals surface area contributed by atoms with Gasteiger partial charge in [-0.3, -0.25) is 0 Å². The summed E-state index contributed by atoms with van der Waals surface area (Å²) in [7, 11) is 0. The number of hydrogen-bond donors (Lipinski definition) is 2. The zero-order valence-electron chi connectivity index (χ0n) is 12.1. The Kier molecular flexibility index (Phi) is 5.40. The molecule has 0 radical (unpaired) electrons. The lowest BCUT2D eigenvalue weighted by Gasteiger charge is -2.26. The molecule has 1 aliphatic carbocycles. The zero-order valence-corrected chi connectivity index (χ0v) is 14.5. The van der Waals surface area contributed by atoms with Crippen molar-refractivity contribution in [2.24, 2.45) is 11.8 Å². The smallest absolute Gasteiger partial charge is 0.114 e. The summed E-state index contributed by atoms with van der Waals surface area (Å²) >= 11 is 15.3. The molecule has 1 aromatic rings. The van der Waals surface area contributed by atoms with Crippen LogP contribution in [0.4, 0.5) is 0 Å². The van der Waals surface area contributed by atoms with Gasteiger partial charge in [-0.25, -0.2) is 0 Å². The van der Waals surface area contributed by atoms with Crippen LogP contribution in [-0.4, -0.2) is 19.2 Å². The van der Waals surface area contributed by atoms with Crippen LogP contribution in [0.3, 0.4) is 0 Å². The average Bonchev–Trinajstić information content (AvgIpc) is 2.91. The number of rotatable bonds is 0. The van der Waals surface area contributed by atoms with Crippen molar-refractivity contribution in [3.8, 4) is 0 Å². The second kappa shape index (κ2) is 7.31. The molecule has 118 valence electrons. The quantitative estimate of drug-likeness (QED) is 0.656. The molecule has 0 amide bonds. The van der Waals surface area contributed by atoms with E-state index in [2.05, 4.69) is 36.2 Å². The molecule has 22 heavy (non-hydrogen) atoms. The molecular formula is C17H19Cl2NOS. The molecule has 0 bridgehead atoms. The Morgan fingerprint density at radius 3 is 2.91 bits per heavy atom. The second-order valence-corrected chi connectivity index (χ2v) is 7.07. The van der Waals surface area contributed by atoms with Crippen LogP contribution in [-0.2, 0) is 4.74 Å². The summed E-state index contributed by atoms with van der Waals surface area (Å²) in [5.74, 6) is 2.70. The van der Waals surface area contributed by atoms with Crippen molar-refractivity contribution in [1.82, 2.24) is 5.32 Å². The summed E-state index contributed by atoms with van der Waals surface area (Å²) in [4.78, 5) is 0.712. The number of allylic oxidation sites excluding steroid dienone is 4. The third kappa shape index (κ3) is 3.65. The van der Waals surface area contributed by atoms with Crippen molar-refractivity contribution in [2.45, 2.75) is 23.8 Å². The van der Waals surface area contributed by atoms with E-state index < -0.39 is 0 Å². The summed E-state index contributed by atoms with van der Waals surface area (Å²) in [5, 5.41) is 4.68. The fraction of sp³-hybridized carbons (Fsp3) is 0.412. The highest BCUT2D eigenvalue weighted by Crippen LogP contribution is 2.42. The fourth-order valence-electron chi connectivity index (χ4n) is 3.24. The molecule has 0 spiro atoms. The maximum atomic E-state index is 5.92. The van der Waals surface area contributed by atoms with Crippen LogP contribution < -0.4 is 5.32 Å². The van der Waals surface area contributed by atoms with Gasteiger partial charge in [-0.2, -0.15) is 0 Å². The number of benzene rings is 1. The van der Waals surface area contributed by atoms with E-state index in [0.29, 0.717) is 27.0 Å². The molecule has 0 aromatic heterocycles. The van der Waals surface area contributed by atoms with Gasteiger partial charge in [-0.15, -0.1) is 12.6 Å². The molecule has 5 heteroatoms. The third-order valence-electron chi connectivity index (χ3n) is 4.34. The lowest BCUT2D eigenvalue weighted by Crippen LogP contribution is -2.39. The van der Waals surface area contributed by atoms with Gasteiger partial charge in [-0.05, 0) is 43.7 Å². The van der Waals surface area contributed by atoms with Gasteiger partial charge in [0.05, 0.1) is 5.02 Å². The third-order valence-corrected chi connectivity index (χ3v) is 5.41. The molecule has 1 N–H and O–H groups in total. The minimum Gasteiger partial charge on any atom is -0.493 e. The number of ether oxygens (including phenoxy) is 1. The molecule has 3 unspecified atom stereocenters. The Morgan fingerprint density at radius 1 is 1.27 bits per heavy atom. The summed E-state index contributed by atoms with van der Waals surface area (Å²) in [5.41, 5.74) is 0. The zero-order chi connectivity index (χ0) is 15.5. The van der Waals surface area contributed by atoms with Crippen molar-refractivity contribution in [1.29, 1.82) is 0 Å². The first-order valence-electron chi connectivity index (χ1n) is 7.53. The number of fused-ring (bicyclic) bond motifs is 3. The maximum Gasteiger partial charge on any atom is 0.114 e. The lowest BCUT2D eigenvalue weighted by molar-refractivity contribution is 0.108. The SMILES string of the molecule is C1=CCC2C(=C1)OC1CNCCC12.Sc1cc(Cl)ccc1Cl. The molecule has 2 aliphatic heterocycles. The van der Waals surface area contributed by atoms with E-state index in [4.69, 9.17) is 27.9 Å². The van der Waals surface area contributed by atoms with Crippen molar-refractivity contribution in [3.63, 3.8) is 0 Å². The van der Waals surface area contributed by atoms with Gasteiger partial charge in [0.15, 0.2) is 0 Å². The van der Waals surface area contributed by atoms with Crippen LogP contribution in [0.2, 0.25) is 10.0 Å². The van der Waals surface area contributed by atoms with Crippen LogP contribution in [0.25, 0.3) is 0 Å². The first kappa shape index (κ1) is 16.3. The van der Waals surface area contributed by atoms with E-state index in [1.165, 1.54) is 18.6 Å². The van der Waals surface area contributed by atoms with Gasteiger partial charge in [0, 0.05) is 28.3 Å². The average molecular weight is 356 g/mol. The van der Waals surface area contributed by atoms with Crippen molar-refractivity contribution in [2.75, 3.05) is 13.1 Å². The predicted molar refractivity (Wildman–Crippen MR) is 94.9 cm³/mol. The molecule has 3 aliphatic rings. The summed E-state index contributed by atoms with van der Waals surface area (Å²) < 4.78 is 5.92. The van der Waals surface area contributed by atoms with Crippen LogP contribution in [0.15, 0.2) is 47.1 Å². The normalized spacial score (nSPS) is 28.7. The van der Waals surface area contributed by atoms with E-state index in [1.807, 2.05) is 0 Å². The Bertz CT molecular complexity index is 602. The van der Waals surface area contributed by atoms with E-state index in [-0.39, 0.29) is 0 Å². The van der Waals surface area contributed by atoms with E-state index >= 15 is 0 Å². The van der Waals surface area contributed by atoms with Crippen LogP contribution >= 0.6 is 35.8 Å². The fourth-order valence-corrected chi connectivity index (χ4v) is 3.82. The van der Waals surface area contributed by atoms with Gasteiger partial charge in [0.2, 0.25) is 0 Å². The maximum absolute atomic E-state index is 5.92. The molecule has 4 rings (SSSR count). The van der Waals surface area contributed by atoms with Crippen molar-refractivity contribution in [3.05, 3.63) is 52.2 Å². The lowest BCUT2D eigenvalue weighted by atomic mass is 9.81. The standard InChI is InChI=1S/C11H15NO.C6H4Cl2S/c1-2-4-10-8(3-1)9-5-6-12-7-11(9)13-10;7-4-1-2-5(8)6(9)3-4/h1-2,4,8-9,11-12H,3,5-7H2;1-3,9H. The Balaban J connectivity index is 0.000000142. The predicted octanol–water partition coefficient (Wildman–Crippen LogP) is 4.74. The number of nitrogens with one attached hydrogen (secondary N) is 1. The van der Waals surface area contributed by atoms with Gasteiger partial charge in [0.25, 0.3) is 0 Å². The molecule has 2 saturated heterocycles. The monoisotopic (exact) mass is 355 g/mol. The highest BCUT2D eigenvalue weighted by atomic mass is 35.5. The Morgan fingerprint density at radius 2 is 2.14 bits per heavy atom. The molecule has 2 heterocycles. The summed E-state index contributed by atoms with van der Waals surface area (Å²) in [6, 6.07) is 5.14. The van der Waals surface area contributed by atoms with Crippen molar-refractivity contribution >= 4 is 35.8 Å². The van der Waals surface area contributed by atoms with Crippen molar-refractivity contribution < 1.29 is 4.74 Å². The first-order chi connectivity index (χ1) is 10.6. The second-order valence-electron chi connectivity index (χ2n) is 5.75. The van der Waals surface area contributed by atoms with E-state index in [0.717, 1.165) is 19.0 Å². The summed E-state index contributed by atoms with van der Waals surface area (Å²) in [6.45, 7) is 2.20. The number of thiol groups is 1. The summed E-state index contributed by atoms with van der Waals surface area (Å²) in [6.07, 6.45) is 9.45. The molecular weight excluding hydrogens is 337 g/mol. The van der Waals surface area contributed by atoms with Crippen LogP contribution in [0, 0.1) is 11.8 Å². The number of halogens is 2. The highest BCUT2D eigenvalue weighted by molar-refractivity contribution is 7.80. The highest BCUT2D eigenvalue weighted by Gasteiger charge is 2.42. The molecule has 3 atom stereocenters. The first-order valence-corrected chi connectivity index (χ1v) is 8.73. The van der Waals surface area contributed by atoms with Gasteiger partial charge in [-0.1, -0.05) is 35.4 Å². The van der Waals surface area contributed by atoms with Crippen LogP contribution in [0.1, 0.15) is 12.8 Å². The Hall–Kier alpha value is -0.610. The molecule has 1 aromatic carbocycles. The molecule has 2 nitrogen and oxygen atoms in total. The Labute approximate surface area is 146 Å². The number of piperidine rings is 1. The van der Waals surface area contributed by atoms with Gasteiger partial charge >= 0.3 is 0 Å². The van der Waals surface area contributed by atoms with E-state index in [9.17, 15) is 0 Å². The number of hydrogen-bond acceptors (Lipinski definition) is 3. The largest absolute Gasteiger partial charge is 0.493 e. The molecule has 0 saturated carbocycles. The minimum atomic E-state index is 0.449.